The maximum atomic E-state index is 12.1. The van der Waals surface area contributed by atoms with Crippen LogP contribution in [0.25, 0.3) is 0 Å². The summed E-state index contributed by atoms with van der Waals surface area (Å²) in [7, 11) is -3.78. The summed E-state index contributed by atoms with van der Waals surface area (Å²) in [6.07, 6.45) is 0. The van der Waals surface area contributed by atoms with Gasteiger partial charge in [0.2, 0.25) is 10.0 Å². The van der Waals surface area contributed by atoms with Crippen molar-refractivity contribution in [3.8, 4) is 0 Å². The molecule has 0 fully saturated rings. The molecule has 20 heavy (non-hydrogen) atoms. The lowest BCUT2D eigenvalue weighted by Crippen LogP contribution is -2.23. The van der Waals surface area contributed by atoms with Crippen LogP contribution in [0, 0.1) is 13.8 Å². The Bertz CT molecular complexity index is 745. The first kappa shape index (κ1) is 14.7. The Morgan fingerprint density at radius 1 is 1.45 bits per heavy atom. The molecule has 7 nitrogen and oxygen atoms in total. The molecule has 0 saturated carbocycles. The molecular formula is C11H12N2O5S2. The number of carbonyl (C=O) groups is 1. The van der Waals surface area contributed by atoms with Crippen molar-refractivity contribution in [2.75, 3.05) is 0 Å². The summed E-state index contributed by atoms with van der Waals surface area (Å²) in [4.78, 5) is 11.2. The highest BCUT2D eigenvalue weighted by Crippen LogP contribution is 2.25. The van der Waals surface area contributed by atoms with Gasteiger partial charge in [0, 0.05) is 10.9 Å². The van der Waals surface area contributed by atoms with Crippen molar-refractivity contribution >= 4 is 27.3 Å². The largest absolute Gasteiger partial charge is 0.477 e. The highest BCUT2D eigenvalue weighted by molar-refractivity contribution is 7.89. The normalized spacial score (nSPS) is 11.7. The lowest BCUT2D eigenvalue weighted by Gasteiger charge is -2.03. The fraction of sp³-hybridized carbons (Fsp3) is 0.273. The zero-order chi connectivity index (χ0) is 14.9. The second kappa shape index (κ2) is 5.35. The van der Waals surface area contributed by atoms with Crippen molar-refractivity contribution in [3.63, 3.8) is 0 Å². The van der Waals surface area contributed by atoms with E-state index in [0.717, 1.165) is 17.4 Å². The average molecular weight is 316 g/mol. The second-order valence-electron chi connectivity index (χ2n) is 4.10. The van der Waals surface area contributed by atoms with Crippen LogP contribution in [0.3, 0.4) is 0 Å². The number of aromatic carboxylic acids is 1. The number of sulfonamides is 1. The maximum absolute atomic E-state index is 12.1. The van der Waals surface area contributed by atoms with Gasteiger partial charge >= 0.3 is 5.97 Å². The van der Waals surface area contributed by atoms with Crippen molar-refractivity contribution in [1.82, 2.24) is 9.88 Å². The summed E-state index contributed by atoms with van der Waals surface area (Å²) >= 11 is 0.921. The Morgan fingerprint density at radius 2 is 2.15 bits per heavy atom. The first-order valence-electron chi connectivity index (χ1n) is 5.55. The van der Waals surface area contributed by atoms with Crippen molar-refractivity contribution in [1.29, 1.82) is 0 Å². The minimum atomic E-state index is -3.78. The molecule has 0 aromatic carbocycles. The van der Waals surface area contributed by atoms with E-state index in [1.165, 1.54) is 0 Å². The van der Waals surface area contributed by atoms with E-state index in [1.807, 2.05) is 0 Å². The van der Waals surface area contributed by atoms with E-state index in [-0.39, 0.29) is 16.3 Å². The topological polar surface area (TPSA) is 110 Å². The van der Waals surface area contributed by atoms with Crippen molar-refractivity contribution < 1.29 is 22.8 Å². The van der Waals surface area contributed by atoms with Gasteiger partial charge in [0.15, 0.2) is 5.76 Å². The van der Waals surface area contributed by atoms with E-state index < -0.39 is 16.0 Å². The quantitative estimate of drug-likeness (QED) is 0.865. The van der Waals surface area contributed by atoms with Crippen LogP contribution >= 0.6 is 11.3 Å². The van der Waals surface area contributed by atoms with Crippen LogP contribution in [0.2, 0.25) is 0 Å². The molecule has 0 unspecified atom stereocenters. The Kier molecular flexibility index (Phi) is 3.93. The van der Waals surface area contributed by atoms with E-state index in [0.29, 0.717) is 16.3 Å². The van der Waals surface area contributed by atoms with Crippen LogP contribution < -0.4 is 4.72 Å². The summed E-state index contributed by atoms with van der Waals surface area (Å²) in [6, 6.07) is 2.77. The highest BCUT2D eigenvalue weighted by atomic mass is 32.2. The molecule has 2 aromatic rings. The monoisotopic (exact) mass is 316 g/mol. The summed E-state index contributed by atoms with van der Waals surface area (Å²) in [5, 5.41) is 12.5. The van der Waals surface area contributed by atoms with Crippen molar-refractivity contribution in [2.45, 2.75) is 25.3 Å². The average Bonchev–Trinajstić information content (AvgIpc) is 2.93. The van der Waals surface area contributed by atoms with Crippen LogP contribution in [0.1, 0.15) is 26.0 Å². The van der Waals surface area contributed by atoms with Gasteiger partial charge in [-0.2, -0.15) is 0 Å². The Morgan fingerprint density at radius 3 is 2.65 bits per heavy atom. The van der Waals surface area contributed by atoms with Gasteiger partial charge in [0.1, 0.15) is 4.88 Å². The molecule has 0 aliphatic rings. The van der Waals surface area contributed by atoms with E-state index >= 15 is 0 Å². The van der Waals surface area contributed by atoms with Gasteiger partial charge in [-0.1, -0.05) is 5.16 Å². The molecule has 0 aliphatic heterocycles. The molecule has 2 N–H and O–H groups in total. The first-order valence-corrected chi connectivity index (χ1v) is 7.85. The van der Waals surface area contributed by atoms with Crippen molar-refractivity contribution in [3.05, 3.63) is 33.3 Å². The van der Waals surface area contributed by atoms with Crippen LogP contribution in [-0.4, -0.2) is 24.7 Å². The zero-order valence-electron chi connectivity index (χ0n) is 10.7. The molecule has 0 spiro atoms. The van der Waals surface area contributed by atoms with Gasteiger partial charge < -0.3 is 9.63 Å². The number of thiophene rings is 1. The van der Waals surface area contributed by atoms with Crippen LogP contribution in [0.4, 0.5) is 0 Å². The Balaban J connectivity index is 2.20. The number of aromatic nitrogens is 1. The number of rotatable bonds is 5. The summed E-state index contributed by atoms with van der Waals surface area (Å²) in [6.45, 7) is 3.24. The second-order valence-corrected chi connectivity index (χ2v) is 7.09. The number of nitrogens with zero attached hydrogens (tertiary/aromatic N) is 1. The van der Waals surface area contributed by atoms with Crippen molar-refractivity contribution in [2.24, 2.45) is 0 Å². The molecule has 2 rings (SSSR count). The molecular weight excluding hydrogens is 304 g/mol. The molecule has 0 aliphatic carbocycles. The number of hydrogen-bond acceptors (Lipinski definition) is 6. The van der Waals surface area contributed by atoms with Crippen LogP contribution in [0.5, 0.6) is 0 Å². The van der Waals surface area contributed by atoms with Gasteiger partial charge in [0.25, 0.3) is 0 Å². The predicted molar refractivity (Wildman–Crippen MR) is 71.3 cm³/mol. The minimum absolute atomic E-state index is 0.0154. The minimum Gasteiger partial charge on any atom is -0.477 e. The van der Waals surface area contributed by atoms with E-state index in [4.69, 9.17) is 9.63 Å². The first-order chi connectivity index (χ1) is 9.29. The van der Waals surface area contributed by atoms with E-state index in [2.05, 4.69) is 9.88 Å². The number of nitrogens with one attached hydrogen (secondary N) is 1. The predicted octanol–water partition coefficient (Wildman–Crippen LogP) is 1.53. The zero-order valence-corrected chi connectivity index (χ0v) is 12.3. The smallest absolute Gasteiger partial charge is 0.345 e. The van der Waals surface area contributed by atoms with E-state index in [1.54, 1.807) is 19.9 Å². The lowest BCUT2D eigenvalue weighted by molar-refractivity contribution is 0.0702. The Labute approximate surface area is 119 Å². The number of hydrogen-bond donors (Lipinski definition) is 2. The molecule has 2 heterocycles. The molecule has 0 saturated heterocycles. The third-order valence-corrected chi connectivity index (χ3v) is 5.18. The van der Waals surface area contributed by atoms with Gasteiger partial charge in [-0.15, -0.1) is 11.3 Å². The molecule has 0 bridgehead atoms. The van der Waals surface area contributed by atoms with Crippen LogP contribution in [-0.2, 0) is 16.6 Å². The number of aryl methyl sites for hydroxylation is 2. The molecule has 0 atom stereocenters. The van der Waals surface area contributed by atoms with Crippen LogP contribution in [0.15, 0.2) is 21.6 Å². The SMILES string of the molecule is Cc1cc(CNS(=O)(=O)c2cc(C(=O)O)sc2C)on1. The van der Waals surface area contributed by atoms with Gasteiger partial charge in [-0.05, 0) is 19.9 Å². The maximum Gasteiger partial charge on any atom is 0.345 e. The number of carboxylic acid groups (broad SMARTS) is 1. The van der Waals surface area contributed by atoms with Gasteiger partial charge in [-0.3, -0.25) is 0 Å². The lowest BCUT2D eigenvalue weighted by atomic mass is 10.4. The summed E-state index contributed by atoms with van der Waals surface area (Å²) in [5.74, 6) is -0.761. The summed E-state index contributed by atoms with van der Waals surface area (Å²) < 4.78 is 31.5. The number of carboxylic acids is 1. The molecule has 2 aromatic heterocycles. The van der Waals surface area contributed by atoms with Gasteiger partial charge in [0.05, 0.1) is 17.1 Å². The van der Waals surface area contributed by atoms with Gasteiger partial charge in [-0.25, -0.2) is 17.9 Å². The summed E-state index contributed by atoms with van der Waals surface area (Å²) in [5.41, 5.74) is 0.652. The molecule has 0 radical (unpaired) electrons. The standard InChI is InChI=1S/C11H12N2O5S2/c1-6-3-8(18-13-6)5-12-20(16,17)10-4-9(11(14)15)19-7(10)2/h3-4,12H,5H2,1-2H3,(H,14,15). The fourth-order valence-electron chi connectivity index (χ4n) is 1.58. The third-order valence-electron chi connectivity index (χ3n) is 2.49. The third kappa shape index (κ3) is 3.06. The van der Waals surface area contributed by atoms with E-state index in [9.17, 15) is 13.2 Å². The Hall–Kier alpha value is -1.71. The molecule has 9 heteroatoms. The molecule has 108 valence electrons. The fourth-order valence-corrected chi connectivity index (χ4v) is 4.00. The highest BCUT2D eigenvalue weighted by Gasteiger charge is 2.22. The molecule has 0 amide bonds.